The second-order valence-electron chi connectivity index (χ2n) is 8.55. The fourth-order valence-corrected chi connectivity index (χ4v) is 5.95. The molecule has 1 aliphatic heterocycles. The van der Waals surface area contributed by atoms with Crippen LogP contribution in [0.15, 0.2) is 81.5 Å². The summed E-state index contributed by atoms with van der Waals surface area (Å²) in [7, 11) is -6.99. The van der Waals surface area contributed by atoms with Gasteiger partial charge in [-0.05, 0) is 60.5 Å². The van der Waals surface area contributed by atoms with E-state index in [1.54, 1.807) is 18.2 Å². The Balaban J connectivity index is 1.63. The molecule has 39 heavy (non-hydrogen) atoms. The van der Waals surface area contributed by atoms with E-state index in [-0.39, 0.29) is 22.8 Å². The number of sulfone groups is 1. The first-order valence-corrected chi connectivity index (χ1v) is 15.5. The van der Waals surface area contributed by atoms with Crippen molar-refractivity contribution in [2.24, 2.45) is 4.99 Å². The van der Waals surface area contributed by atoms with E-state index >= 15 is 0 Å². The highest BCUT2D eigenvalue weighted by molar-refractivity contribution is 7.91. The number of ether oxygens (including phenoxy) is 2. The van der Waals surface area contributed by atoms with Crippen LogP contribution in [0.4, 0.5) is 5.69 Å². The Hall–Kier alpha value is -3.49. The van der Waals surface area contributed by atoms with E-state index < -0.39 is 30.8 Å². The molecule has 4 rings (SSSR count). The highest BCUT2D eigenvalue weighted by Gasteiger charge is 2.18. The number of rotatable bonds is 9. The molecule has 0 radical (unpaired) electrons. The third kappa shape index (κ3) is 6.94. The number of hydrogen-bond acceptors (Lipinski definition) is 10. The number of methoxy groups -OCH3 is 1. The minimum absolute atomic E-state index is 0.0877. The molecule has 0 fully saturated rings. The zero-order valence-electron chi connectivity index (χ0n) is 20.9. The average molecular weight is 589 g/mol. The predicted molar refractivity (Wildman–Crippen MR) is 147 cm³/mol. The maximum Gasteiger partial charge on any atom is 0.335 e. The standard InChI is InChI=1S/C26H24N2O8S3/c1-16(26(29)35-2)15-36-11-10-17-4-8-23-21(12-17)28-20-7-5-18(13-24(20)37-23)27-22-14-19(39(32,33)34)6-9-25(22)38(3,30)31/h4-9,12-14H,1,10-11,15H2,2-3H3,(H,32,33,34). The van der Waals surface area contributed by atoms with Gasteiger partial charge in [0.25, 0.3) is 10.1 Å². The molecule has 13 heteroatoms. The van der Waals surface area contributed by atoms with Crippen LogP contribution < -0.4 is 5.36 Å². The van der Waals surface area contributed by atoms with Gasteiger partial charge in [-0.1, -0.05) is 12.6 Å². The summed E-state index contributed by atoms with van der Waals surface area (Å²) in [6, 6.07) is 14.1. The van der Waals surface area contributed by atoms with E-state index in [0.717, 1.165) is 45.1 Å². The topological polar surface area (TPSA) is 149 Å². The lowest BCUT2D eigenvalue weighted by Crippen LogP contribution is -2.10. The van der Waals surface area contributed by atoms with Gasteiger partial charge in [0.2, 0.25) is 0 Å². The van der Waals surface area contributed by atoms with Crippen molar-refractivity contribution >= 4 is 53.2 Å². The third-order valence-electron chi connectivity index (χ3n) is 5.59. The number of nitrogens with zero attached hydrogens (tertiary/aromatic N) is 2. The van der Waals surface area contributed by atoms with Crippen molar-refractivity contribution in [1.29, 1.82) is 0 Å². The zero-order chi connectivity index (χ0) is 28.4. The molecule has 0 amide bonds. The van der Waals surface area contributed by atoms with Crippen molar-refractivity contribution in [2.45, 2.75) is 16.2 Å². The molecular formula is C26H24N2O8S3. The van der Waals surface area contributed by atoms with Gasteiger partial charge in [0.05, 0.1) is 67.5 Å². The van der Waals surface area contributed by atoms with Crippen molar-refractivity contribution in [2.75, 3.05) is 26.6 Å². The van der Waals surface area contributed by atoms with E-state index in [0.29, 0.717) is 24.1 Å². The summed E-state index contributed by atoms with van der Waals surface area (Å²) >= 11 is 1.47. The Bertz CT molecular complexity index is 1840. The summed E-state index contributed by atoms with van der Waals surface area (Å²) in [5, 5.41) is 0.389. The van der Waals surface area contributed by atoms with Gasteiger partial charge >= 0.3 is 5.97 Å². The van der Waals surface area contributed by atoms with Gasteiger partial charge in [-0.15, -0.1) is 11.3 Å². The van der Waals surface area contributed by atoms with Crippen LogP contribution in [0.3, 0.4) is 0 Å². The summed E-state index contributed by atoms with van der Waals surface area (Å²) in [4.78, 5) is 20.6. The van der Waals surface area contributed by atoms with Crippen molar-refractivity contribution in [3.63, 3.8) is 0 Å². The molecule has 10 nitrogen and oxygen atoms in total. The van der Waals surface area contributed by atoms with Gasteiger partial charge in [-0.25, -0.2) is 23.2 Å². The predicted octanol–water partition coefficient (Wildman–Crippen LogP) is 3.57. The Morgan fingerprint density at radius 3 is 2.54 bits per heavy atom. The molecule has 0 bridgehead atoms. The number of carbonyl (C=O) groups excluding carboxylic acids is 1. The van der Waals surface area contributed by atoms with Gasteiger partial charge in [-0.3, -0.25) is 4.55 Å². The first kappa shape index (κ1) is 28.5. The molecule has 2 aromatic rings. The maximum absolute atomic E-state index is 12.2. The second-order valence-corrected chi connectivity index (χ2v) is 13.0. The second kappa shape index (κ2) is 11.3. The minimum Gasteiger partial charge on any atom is -0.466 e. The Morgan fingerprint density at radius 2 is 1.85 bits per heavy atom. The Labute approximate surface area is 229 Å². The average Bonchev–Trinajstić information content (AvgIpc) is 2.88. The molecule has 0 saturated carbocycles. The largest absolute Gasteiger partial charge is 0.466 e. The van der Waals surface area contributed by atoms with E-state index in [9.17, 15) is 26.2 Å². The molecule has 1 aliphatic carbocycles. The molecule has 0 unspecified atom stereocenters. The molecule has 1 heterocycles. The van der Waals surface area contributed by atoms with Crippen molar-refractivity contribution in [1.82, 2.24) is 4.98 Å². The van der Waals surface area contributed by atoms with E-state index in [2.05, 4.69) is 16.3 Å². The van der Waals surface area contributed by atoms with Crippen LogP contribution in [-0.2, 0) is 40.6 Å². The van der Waals surface area contributed by atoms with Gasteiger partial charge in [-0.2, -0.15) is 8.42 Å². The number of aromatic nitrogens is 1. The van der Waals surface area contributed by atoms with Crippen molar-refractivity contribution < 1.29 is 35.7 Å². The highest BCUT2D eigenvalue weighted by Crippen LogP contribution is 2.31. The van der Waals surface area contributed by atoms with Crippen LogP contribution in [-0.4, -0.2) is 58.9 Å². The van der Waals surface area contributed by atoms with Gasteiger partial charge in [0, 0.05) is 6.26 Å². The molecule has 1 N–H and O–H groups in total. The highest BCUT2D eigenvalue weighted by atomic mass is 32.2. The number of carbonyl (C=O) groups is 1. The summed E-state index contributed by atoms with van der Waals surface area (Å²) in [5.41, 5.74) is 2.63. The minimum atomic E-state index is -4.55. The lowest BCUT2D eigenvalue weighted by molar-refractivity contribution is -0.136. The van der Waals surface area contributed by atoms with Gasteiger partial charge in [0.15, 0.2) is 9.84 Å². The van der Waals surface area contributed by atoms with Crippen molar-refractivity contribution in [3.05, 3.63) is 77.7 Å². The number of benzene rings is 3. The van der Waals surface area contributed by atoms with Crippen LogP contribution in [0.1, 0.15) is 5.56 Å². The summed E-state index contributed by atoms with van der Waals surface area (Å²) in [6.07, 6.45) is 1.60. The summed E-state index contributed by atoms with van der Waals surface area (Å²) in [5.74, 6) is -0.503. The third-order valence-corrected chi connectivity index (χ3v) is 8.70. The first-order chi connectivity index (χ1) is 18.3. The molecule has 0 spiro atoms. The number of hydrogen-bond donors (Lipinski definition) is 1. The molecular weight excluding hydrogens is 564 g/mol. The van der Waals surface area contributed by atoms with E-state index in [1.165, 1.54) is 18.4 Å². The molecule has 0 saturated heterocycles. The van der Waals surface area contributed by atoms with Crippen LogP contribution in [0, 0.1) is 0 Å². The fraction of sp³-hybridized carbons (Fsp3) is 0.192. The molecule has 0 atom stereocenters. The fourth-order valence-electron chi connectivity index (χ4n) is 3.67. The quantitative estimate of drug-likeness (QED) is 0.102. The Kier molecular flexibility index (Phi) is 8.28. The maximum atomic E-state index is 12.2. The first-order valence-electron chi connectivity index (χ1n) is 11.4. The normalized spacial score (nSPS) is 12.6. The number of esters is 1. The molecule has 0 aromatic heterocycles. The van der Waals surface area contributed by atoms with Crippen LogP contribution in [0.25, 0.3) is 20.8 Å². The van der Waals surface area contributed by atoms with Crippen LogP contribution >= 0.6 is 11.3 Å². The molecule has 204 valence electrons. The zero-order valence-corrected chi connectivity index (χ0v) is 23.4. The summed E-state index contributed by atoms with van der Waals surface area (Å²) in [6.45, 7) is 4.10. The lowest BCUT2D eigenvalue weighted by atomic mass is 10.1. The van der Waals surface area contributed by atoms with Crippen LogP contribution in [0.5, 0.6) is 0 Å². The van der Waals surface area contributed by atoms with E-state index in [1.807, 2.05) is 18.2 Å². The SMILES string of the molecule is C=C(COCCc1ccc2sc3cc(=Nc4cc(S(=O)(=O)O)ccc4S(C)(=O)=O)ccc-3nc2c1)C(=O)OC. The van der Waals surface area contributed by atoms with Crippen LogP contribution in [0.2, 0.25) is 0 Å². The summed E-state index contributed by atoms with van der Waals surface area (Å²) < 4.78 is 68.1. The molecule has 2 aromatic carbocycles. The van der Waals surface area contributed by atoms with E-state index in [4.69, 9.17) is 9.72 Å². The Morgan fingerprint density at radius 1 is 1.08 bits per heavy atom. The molecule has 2 aliphatic rings. The lowest BCUT2D eigenvalue weighted by Gasteiger charge is -2.09. The monoisotopic (exact) mass is 588 g/mol. The smallest absolute Gasteiger partial charge is 0.335 e. The van der Waals surface area contributed by atoms with Gasteiger partial charge in [0.1, 0.15) is 0 Å². The van der Waals surface area contributed by atoms with Gasteiger partial charge < -0.3 is 9.47 Å². The number of fused-ring (bicyclic) bond motifs is 2. The van der Waals surface area contributed by atoms with Crippen molar-refractivity contribution in [3.8, 4) is 10.6 Å².